The molecule has 3 atom stereocenters. The quantitative estimate of drug-likeness (QED) is 0.629. The molecule has 1 aromatic heterocycles. The van der Waals surface area contributed by atoms with E-state index in [-0.39, 0.29) is 36.3 Å². The lowest BCUT2D eigenvalue weighted by Crippen LogP contribution is -2.68. The zero-order valence-corrected chi connectivity index (χ0v) is 19.2. The minimum Gasteiger partial charge on any atom is -0.395 e. The van der Waals surface area contributed by atoms with Gasteiger partial charge in [-0.2, -0.15) is 0 Å². The molecule has 3 heterocycles. The summed E-state index contributed by atoms with van der Waals surface area (Å²) in [5.74, 6) is -0.00930. The Kier molecular flexibility index (Phi) is 6.70. The van der Waals surface area contributed by atoms with Gasteiger partial charge in [-0.25, -0.2) is 4.39 Å². The third kappa shape index (κ3) is 4.48. The number of benzene rings is 2. The molecular formula is C28H30FN3O2. The molecule has 0 aliphatic carbocycles. The Morgan fingerprint density at radius 2 is 1.76 bits per heavy atom. The second kappa shape index (κ2) is 10.0. The Balaban J connectivity index is 1.36. The summed E-state index contributed by atoms with van der Waals surface area (Å²) in [5, 5.41) is 10.2. The molecule has 3 aromatic rings. The number of carbonyl (C=O) groups is 1. The van der Waals surface area contributed by atoms with Crippen molar-refractivity contribution in [2.75, 3.05) is 26.2 Å². The number of aliphatic hydroxyl groups is 1. The van der Waals surface area contributed by atoms with Gasteiger partial charge >= 0.3 is 0 Å². The fraction of sp³-hybridized carbons (Fsp3) is 0.357. The maximum Gasteiger partial charge on any atom is 0.228 e. The van der Waals surface area contributed by atoms with E-state index in [1.807, 2.05) is 53.4 Å². The highest BCUT2D eigenvalue weighted by molar-refractivity contribution is 5.78. The van der Waals surface area contributed by atoms with Gasteiger partial charge in [-0.15, -0.1) is 0 Å². The van der Waals surface area contributed by atoms with Crippen molar-refractivity contribution in [3.63, 3.8) is 0 Å². The highest BCUT2D eigenvalue weighted by atomic mass is 19.1. The molecule has 0 unspecified atom stereocenters. The summed E-state index contributed by atoms with van der Waals surface area (Å²) >= 11 is 0. The summed E-state index contributed by atoms with van der Waals surface area (Å²) in [6.07, 6.45) is 3.98. The number of aromatic nitrogens is 1. The van der Waals surface area contributed by atoms with Gasteiger partial charge in [0.25, 0.3) is 0 Å². The predicted octanol–water partition coefficient (Wildman–Crippen LogP) is 3.88. The van der Waals surface area contributed by atoms with E-state index < -0.39 is 0 Å². The van der Waals surface area contributed by atoms with Gasteiger partial charge in [0, 0.05) is 48.5 Å². The molecule has 2 aliphatic heterocycles. The van der Waals surface area contributed by atoms with Crippen LogP contribution in [0.2, 0.25) is 0 Å². The molecular weight excluding hydrogens is 429 g/mol. The molecule has 0 spiro atoms. The van der Waals surface area contributed by atoms with Crippen LogP contribution in [0.1, 0.15) is 30.0 Å². The zero-order chi connectivity index (χ0) is 23.5. The van der Waals surface area contributed by atoms with Crippen LogP contribution in [0.4, 0.5) is 4.39 Å². The van der Waals surface area contributed by atoms with Crippen molar-refractivity contribution in [3.05, 3.63) is 90.0 Å². The van der Waals surface area contributed by atoms with Crippen molar-refractivity contribution in [1.82, 2.24) is 14.8 Å². The molecule has 0 bridgehead atoms. The van der Waals surface area contributed by atoms with E-state index in [9.17, 15) is 14.3 Å². The molecule has 5 nitrogen and oxygen atoms in total. The standard InChI is InChI=1S/C28H30FN3O2/c29-24-9-2-1-8-23(24)20-10-12-21(13-11-20)28-25-18-31(15-5-6-16-32(25)26(28)19-33)27(34)17-22-7-3-4-14-30-22/h1-4,7-14,25-26,28,33H,5-6,15-19H2/t25-,26-,28+/m1/s1. The van der Waals surface area contributed by atoms with Crippen molar-refractivity contribution in [3.8, 4) is 11.1 Å². The Morgan fingerprint density at radius 3 is 2.50 bits per heavy atom. The maximum absolute atomic E-state index is 14.2. The van der Waals surface area contributed by atoms with Gasteiger partial charge in [0.1, 0.15) is 5.82 Å². The average Bonchev–Trinajstić information content (AvgIpc) is 2.84. The Bertz CT molecular complexity index is 1120. The van der Waals surface area contributed by atoms with Crippen LogP contribution in [-0.2, 0) is 11.2 Å². The summed E-state index contributed by atoms with van der Waals surface area (Å²) in [4.78, 5) is 21.8. The molecule has 2 fully saturated rings. The van der Waals surface area contributed by atoms with Crippen LogP contribution < -0.4 is 0 Å². The van der Waals surface area contributed by atoms with E-state index in [2.05, 4.69) is 9.88 Å². The van der Waals surface area contributed by atoms with Gasteiger partial charge in [0.2, 0.25) is 5.91 Å². The van der Waals surface area contributed by atoms with Gasteiger partial charge < -0.3 is 10.0 Å². The first-order valence-electron chi connectivity index (χ1n) is 12.0. The fourth-order valence-corrected chi connectivity index (χ4v) is 5.52. The Hall–Kier alpha value is -3.09. The van der Waals surface area contributed by atoms with Crippen molar-refractivity contribution in [2.45, 2.75) is 37.3 Å². The maximum atomic E-state index is 14.2. The molecule has 6 heteroatoms. The number of amides is 1. The number of fused-ring (bicyclic) bond motifs is 1. The lowest BCUT2D eigenvalue weighted by Gasteiger charge is -2.57. The molecule has 5 rings (SSSR count). The van der Waals surface area contributed by atoms with Crippen LogP contribution in [0.15, 0.2) is 72.9 Å². The second-order valence-electron chi connectivity index (χ2n) is 9.23. The molecule has 176 valence electrons. The number of hydrogen-bond acceptors (Lipinski definition) is 4. The normalized spacial score (nSPS) is 22.9. The largest absolute Gasteiger partial charge is 0.395 e. The fourth-order valence-electron chi connectivity index (χ4n) is 5.52. The van der Waals surface area contributed by atoms with Crippen molar-refractivity contribution in [2.24, 2.45) is 0 Å². The number of nitrogens with zero attached hydrogens (tertiary/aromatic N) is 3. The van der Waals surface area contributed by atoms with E-state index in [0.717, 1.165) is 42.8 Å². The molecule has 0 radical (unpaired) electrons. The van der Waals surface area contributed by atoms with Gasteiger partial charge in [-0.3, -0.25) is 14.7 Å². The highest BCUT2D eigenvalue weighted by Gasteiger charge is 2.49. The van der Waals surface area contributed by atoms with Gasteiger partial charge in [0.05, 0.1) is 13.0 Å². The van der Waals surface area contributed by atoms with Crippen LogP contribution in [-0.4, -0.2) is 64.1 Å². The zero-order valence-electron chi connectivity index (χ0n) is 19.2. The molecule has 2 aromatic carbocycles. The minimum absolute atomic E-state index is 0.0372. The number of pyridine rings is 1. The lowest BCUT2D eigenvalue weighted by molar-refractivity contribution is -0.135. The molecule has 2 saturated heterocycles. The molecule has 34 heavy (non-hydrogen) atoms. The number of carbonyl (C=O) groups excluding carboxylic acids is 1. The number of aliphatic hydroxyl groups excluding tert-OH is 1. The number of halogens is 1. The van der Waals surface area contributed by atoms with Gasteiger partial charge in [-0.1, -0.05) is 48.5 Å². The third-order valence-electron chi connectivity index (χ3n) is 7.26. The topological polar surface area (TPSA) is 56.7 Å². The monoisotopic (exact) mass is 459 g/mol. The van der Waals surface area contributed by atoms with Gasteiger partial charge in [-0.05, 0) is 48.7 Å². The van der Waals surface area contributed by atoms with Crippen molar-refractivity contribution >= 4 is 5.91 Å². The first-order chi connectivity index (χ1) is 16.7. The van der Waals surface area contributed by atoms with Crippen LogP contribution in [0, 0.1) is 5.82 Å². The van der Waals surface area contributed by atoms with E-state index in [1.54, 1.807) is 18.3 Å². The molecule has 1 N–H and O–H groups in total. The summed E-state index contributed by atoms with van der Waals surface area (Å²) in [5.41, 5.74) is 3.33. The van der Waals surface area contributed by atoms with Crippen LogP contribution in [0.25, 0.3) is 11.1 Å². The smallest absolute Gasteiger partial charge is 0.228 e. The Morgan fingerprint density at radius 1 is 1.00 bits per heavy atom. The van der Waals surface area contributed by atoms with E-state index in [1.165, 1.54) is 6.07 Å². The number of hydrogen-bond donors (Lipinski definition) is 1. The lowest BCUT2D eigenvalue weighted by atomic mass is 9.74. The minimum atomic E-state index is -0.236. The summed E-state index contributed by atoms with van der Waals surface area (Å²) in [7, 11) is 0. The van der Waals surface area contributed by atoms with Gasteiger partial charge in [0.15, 0.2) is 0 Å². The molecule has 0 saturated carbocycles. The summed E-state index contributed by atoms with van der Waals surface area (Å²) in [6, 6.07) is 20.6. The highest BCUT2D eigenvalue weighted by Crippen LogP contribution is 2.42. The van der Waals surface area contributed by atoms with Crippen molar-refractivity contribution < 1.29 is 14.3 Å². The average molecular weight is 460 g/mol. The summed E-state index contributed by atoms with van der Waals surface area (Å²) in [6.45, 7) is 2.40. The molecule has 2 aliphatic rings. The van der Waals surface area contributed by atoms with Crippen molar-refractivity contribution in [1.29, 1.82) is 0 Å². The first-order valence-corrected chi connectivity index (χ1v) is 12.0. The summed E-state index contributed by atoms with van der Waals surface area (Å²) < 4.78 is 14.2. The van der Waals surface area contributed by atoms with E-state index in [4.69, 9.17) is 0 Å². The second-order valence-corrected chi connectivity index (χ2v) is 9.23. The predicted molar refractivity (Wildman–Crippen MR) is 130 cm³/mol. The van der Waals surface area contributed by atoms with Crippen LogP contribution in [0.3, 0.4) is 0 Å². The third-order valence-corrected chi connectivity index (χ3v) is 7.26. The number of rotatable bonds is 5. The van der Waals surface area contributed by atoms with E-state index in [0.29, 0.717) is 18.5 Å². The first kappa shape index (κ1) is 22.7. The van der Waals surface area contributed by atoms with Crippen LogP contribution in [0.5, 0.6) is 0 Å². The molecule has 1 amide bonds. The SMILES string of the molecule is O=C(Cc1ccccn1)N1CCCCN2[C@H](CO)[C@@H](c3ccc(-c4ccccc4F)cc3)[C@H]2C1. The van der Waals surface area contributed by atoms with Crippen LogP contribution >= 0.6 is 0 Å². The van der Waals surface area contributed by atoms with E-state index >= 15 is 0 Å². The Labute approximate surface area is 199 Å².